The van der Waals surface area contributed by atoms with Crippen LogP contribution in [-0.2, 0) is 20.2 Å². The quantitative estimate of drug-likeness (QED) is 0.450. The van der Waals surface area contributed by atoms with Gasteiger partial charge < -0.3 is 0 Å². The largest absolute Gasteiger partial charge is 0.285 e. The van der Waals surface area contributed by atoms with Crippen molar-refractivity contribution in [2.45, 2.75) is 5.25 Å². The van der Waals surface area contributed by atoms with Crippen molar-refractivity contribution in [1.82, 2.24) is 0 Å². The van der Waals surface area contributed by atoms with Gasteiger partial charge in [-0.1, -0.05) is 12.1 Å². The smallest absolute Gasteiger partial charge is 0.273 e. The highest BCUT2D eigenvalue weighted by Crippen LogP contribution is 2.26. The number of hydrogen-bond acceptors (Lipinski definition) is 6. The molecule has 0 saturated heterocycles. The fourth-order valence-electron chi connectivity index (χ4n) is 1.38. The number of hydrogen-bond donors (Lipinski definition) is 2. The standard InChI is InChI=1S/C8H9NO8S2/c10-9(11)7-3-1-2-6(4-7)8(19(15,16)17)5-18(12,13)14/h1-4,8H,5H2,(H,12,13,14)(H,15,16,17). The van der Waals surface area contributed by atoms with Crippen molar-refractivity contribution in [2.24, 2.45) is 0 Å². The van der Waals surface area contributed by atoms with Gasteiger partial charge in [0, 0.05) is 12.1 Å². The third kappa shape index (κ3) is 4.55. The van der Waals surface area contributed by atoms with Crippen LogP contribution in [-0.4, -0.2) is 36.6 Å². The highest BCUT2D eigenvalue weighted by Gasteiger charge is 2.31. The van der Waals surface area contributed by atoms with E-state index in [0.717, 1.165) is 24.3 Å². The van der Waals surface area contributed by atoms with E-state index >= 15 is 0 Å². The summed E-state index contributed by atoms with van der Waals surface area (Å²) in [4.78, 5) is 9.73. The van der Waals surface area contributed by atoms with E-state index in [-0.39, 0.29) is 5.56 Å². The van der Waals surface area contributed by atoms with E-state index in [1.165, 1.54) is 0 Å². The average Bonchev–Trinajstić information content (AvgIpc) is 2.23. The summed E-state index contributed by atoms with van der Waals surface area (Å²) in [5.74, 6) is -1.30. The van der Waals surface area contributed by atoms with Crippen molar-refractivity contribution >= 4 is 25.9 Å². The molecule has 0 aromatic heterocycles. The van der Waals surface area contributed by atoms with Gasteiger partial charge in [-0.25, -0.2) is 0 Å². The summed E-state index contributed by atoms with van der Waals surface area (Å²) in [6.07, 6.45) is 0. The molecule has 19 heavy (non-hydrogen) atoms. The van der Waals surface area contributed by atoms with Gasteiger partial charge in [0.15, 0.2) is 0 Å². The van der Waals surface area contributed by atoms with Gasteiger partial charge in [-0.15, -0.1) is 0 Å². The molecule has 0 heterocycles. The summed E-state index contributed by atoms with van der Waals surface area (Å²) >= 11 is 0. The molecule has 11 heteroatoms. The molecule has 9 nitrogen and oxygen atoms in total. The Morgan fingerprint density at radius 3 is 2.21 bits per heavy atom. The molecule has 0 radical (unpaired) electrons. The first-order valence-electron chi connectivity index (χ1n) is 4.66. The lowest BCUT2D eigenvalue weighted by molar-refractivity contribution is -0.384. The van der Waals surface area contributed by atoms with E-state index in [2.05, 4.69) is 0 Å². The van der Waals surface area contributed by atoms with E-state index in [1.807, 2.05) is 0 Å². The molecule has 0 amide bonds. The molecule has 0 aliphatic rings. The molecule has 1 unspecified atom stereocenters. The first-order valence-corrected chi connectivity index (χ1v) is 7.78. The van der Waals surface area contributed by atoms with Crippen LogP contribution in [0.5, 0.6) is 0 Å². The van der Waals surface area contributed by atoms with Gasteiger partial charge in [0.25, 0.3) is 25.9 Å². The zero-order valence-corrected chi connectivity index (χ0v) is 10.8. The first kappa shape index (κ1) is 15.5. The fourth-order valence-corrected chi connectivity index (χ4v) is 3.65. The molecule has 1 aromatic carbocycles. The van der Waals surface area contributed by atoms with Gasteiger partial charge in [0.1, 0.15) is 5.25 Å². The Morgan fingerprint density at radius 2 is 1.79 bits per heavy atom. The molecule has 0 bridgehead atoms. The molecule has 1 aromatic rings. The van der Waals surface area contributed by atoms with Gasteiger partial charge in [0.2, 0.25) is 0 Å². The third-order valence-electron chi connectivity index (χ3n) is 2.17. The van der Waals surface area contributed by atoms with Gasteiger partial charge in [-0.05, 0) is 5.56 Å². The minimum Gasteiger partial charge on any atom is -0.285 e. The maximum Gasteiger partial charge on any atom is 0.273 e. The van der Waals surface area contributed by atoms with E-state index < -0.39 is 41.8 Å². The number of nitrogens with zero attached hydrogens (tertiary/aromatic N) is 1. The molecule has 0 fully saturated rings. The fraction of sp³-hybridized carbons (Fsp3) is 0.250. The van der Waals surface area contributed by atoms with Crippen molar-refractivity contribution < 1.29 is 30.9 Å². The highest BCUT2D eigenvalue weighted by atomic mass is 32.2. The molecule has 0 spiro atoms. The lowest BCUT2D eigenvalue weighted by atomic mass is 10.1. The molecule has 0 aliphatic heterocycles. The zero-order valence-electron chi connectivity index (χ0n) is 9.20. The van der Waals surface area contributed by atoms with Crippen LogP contribution in [0.1, 0.15) is 10.8 Å². The molecule has 0 saturated carbocycles. The van der Waals surface area contributed by atoms with Crippen LogP contribution in [0.25, 0.3) is 0 Å². The normalized spacial score (nSPS) is 14.0. The summed E-state index contributed by atoms with van der Waals surface area (Å²) in [7, 11) is -9.55. The maximum atomic E-state index is 11.1. The average molecular weight is 311 g/mol. The second-order valence-electron chi connectivity index (χ2n) is 3.60. The number of nitro benzene ring substituents is 1. The lowest BCUT2D eigenvalue weighted by Crippen LogP contribution is -2.21. The topological polar surface area (TPSA) is 152 Å². The third-order valence-corrected chi connectivity index (χ3v) is 4.30. The first-order chi connectivity index (χ1) is 8.50. The van der Waals surface area contributed by atoms with Gasteiger partial charge in [0.05, 0.1) is 10.7 Å². The number of nitro groups is 1. The van der Waals surface area contributed by atoms with Crippen LogP contribution in [0.15, 0.2) is 24.3 Å². The zero-order chi connectivity index (χ0) is 14.8. The Labute approximate surface area is 108 Å². The molecule has 106 valence electrons. The van der Waals surface area contributed by atoms with Crippen molar-refractivity contribution in [1.29, 1.82) is 0 Å². The Kier molecular flexibility index (Phi) is 4.25. The summed E-state index contributed by atoms with van der Waals surface area (Å²) in [5, 5.41) is 8.54. The van der Waals surface area contributed by atoms with Crippen molar-refractivity contribution in [2.75, 3.05) is 5.75 Å². The van der Waals surface area contributed by atoms with Crippen LogP contribution >= 0.6 is 0 Å². The summed E-state index contributed by atoms with van der Waals surface area (Å²) < 4.78 is 61.3. The Hall–Kier alpha value is -1.56. The number of non-ortho nitro benzene ring substituents is 1. The van der Waals surface area contributed by atoms with E-state index in [0.29, 0.717) is 0 Å². The Morgan fingerprint density at radius 1 is 1.21 bits per heavy atom. The second kappa shape index (κ2) is 5.21. The van der Waals surface area contributed by atoms with E-state index in [9.17, 15) is 26.9 Å². The highest BCUT2D eigenvalue weighted by molar-refractivity contribution is 7.89. The van der Waals surface area contributed by atoms with Crippen molar-refractivity contribution in [3.63, 3.8) is 0 Å². The van der Waals surface area contributed by atoms with Crippen LogP contribution in [0, 0.1) is 10.1 Å². The molecule has 1 rings (SSSR count). The van der Waals surface area contributed by atoms with E-state index in [1.54, 1.807) is 0 Å². The van der Waals surface area contributed by atoms with Crippen LogP contribution in [0.2, 0.25) is 0 Å². The Bertz CT molecular complexity index is 693. The molecule has 0 aliphatic carbocycles. The summed E-state index contributed by atoms with van der Waals surface area (Å²) in [5.41, 5.74) is -0.782. The summed E-state index contributed by atoms with van der Waals surface area (Å²) in [6.45, 7) is 0. The van der Waals surface area contributed by atoms with Gasteiger partial charge in [-0.3, -0.25) is 19.2 Å². The molecular weight excluding hydrogens is 302 g/mol. The minimum absolute atomic E-state index is 0.311. The van der Waals surface area contributed by atoms with E-state index in [4.69, 9.17) is 9.11 Å². The number of rotatable bonds is 5. The molecule has 1 atom stereocenters. The number of benzene rings is 1. The molecular formula is C8H9NO8S2. The lowest BCUT2D eigenvalue weighted by Gasteiger charge is -2.12. The monoisotopic (exact) mass is 311 g/mol. The predicted molar refractivity (Wildman–Crippen MR) is 63.8 cm³/mol. The van der Waals surface area contributed by atoms with Gasteiger partial charge >= 0.3 is 0 Å². The van der Waals surface area contributed by atoms with Gasteiger partial charge in [-0.2, -0.15) is 16.8 Å². The van der Waals surface area contributed by atoms with Crippen LogP contribution < -0.4 is 0 Å². The second-order valence-corrected chi connectivity index (χ2v) is 6.70. The van der Waals surface area contributed by atoms with Crippen molar-refractivity contribution in [3.8, 4) is 0 Å². The summed E-state index contributed by atoms with van der Waals surface area (Å²) in [6, 6.07) is 4.11. The van der Waals surface area contributed by atoms with Crippen LogP contribution in [0.3, 0.4) is 0 Å². The van der Waals surface area contributed by atoms with Crippen molar-refractivity contribution in [3.05, 3.63) is 39.9 Å². The molecule has 2 N–H and O–H groups in total. The Balaban J connectivity index is 3.34. The maximum absolute atomic E-state index is 11.1. The van der Waals surface area contributed by atoms with Crippen LogP contribution in [0.4, 0.5) is 5.69 Å². The SMILES string of the molecule is O=[N+]([O-])c1cccc(C(CS(=O)(=O)O)S(=O)(=O)O)c1. The minimum atomic E-state index is -4.86. The predicted octanol–water partition coefficient (Wildman–Crippen LogP) is 0.411.